The number of fused-ring (bicyclic) bond motifs is 2. The summed E-state index contributed by atoms with van der Waals surface area (Å²) in [7, 11) is 0. The van der Waals surface area contributed by atoms with Gasteiger partial charge in [0, 0.05) is 18.0 Å². The first-order valence-electron chi connectivity index (χ1n) is 8.74. The average molecular weight is 277 g/mol. The highest BCUT2D eigenvalue weighted by Gasteiger charge is 2.53. The van der Waals surface area contributed by atoms with Gasteiger partial charge in [0.05, 0.1) is 6.10 Å². The van der Waals surface area contributed by atoms with Crippen LogP contribution in [0.1, 0.15) is 64.2 Å². The standard InChI is InChI=1S/C17H27NO2/c19-14-8-12-6-7-13(9-14)18(12)17(20)16-10-15(16)11-4-2-1-3-5-11/h11-16,19H,1-10H2/t12-,13-,15+,16+/m0/s1. The van der Waals surface area contributed by atoms with Crippen LogP contribution in [0.15, 0.2) is 0 Å². The summed E-state index contributed by atoms with van der Waals surface area (Å²) in [5.74, 6) is 2.33. The molecule has 1 amide bonds. The molecule has 1 N–H and O–H groups in total. The third-order valence-electron chi connectivity index (χ3n) is 6.38. The van der Waals surface area contributed by atoms with E-state index >= 15 is 0 Å². The largest absolute Gasteiger partial charge is 0.393 e. The molecule has 4 aliphatic rings. The molecule has 4 rings (SSSR count). The first kappa shape index (κ1) is 13.1. The smallest absolute Gasteiger partial charge is 0.226 e. The van der Waals surface area contributed by atoms with E-state index in [1.165, 1.54) is 32.1 Å². The maximum absolute atomic E-state index is 12.8. The van der Waals surface area contributed by atoms with Gasteiger partial charge in [-0.2, -0.15) is 0 Å². The Labute approximate surface area is 121 Å². The van der Waals surface area contributed by atoms with Crippen molar-refractivity contribution in [1.82, 2.24) is 4.90 Å². The van der Waals surface area contributed by atoms with Gasteiger partial charge in [-0.05, 0) is 43.9 Å². The first-order valence-corrected chi connectivity index (χ1v) is 8.74. The average Bonchev–Trinajstić information content (AvgIpc) is 3.20. The maximum Gasteiger partial charge on any atom is 0.226 e. The normalized spacial score (nSPS) is 44.6. The van der Waals surface area contributed by atoms with Crippen molar-refractivity contribution in [1.29, 1.82) is 0 Å². The van der Waals surface area contributed by atoms with E-state index in [1.807, 2.05) is 0 Å². The molecule has 0 aromatic rings. The zero-order chi connectivity index (χ0) is 13.7. The van der Waals surface area contributed by atoms with Crippen LogP contribution in [-0.2, 0) is 4.79 Å². The molecule has 0 aromatic carbocycles. The van der Waals surface area contributed by atoms with Gasteiger partial charge in [-0.1, -0.05) is 32.1 Å². The highest BCUT2D eigenvalue weighted by atomic mass is 16.3. The molecular weight excluding hydrogens is 250 g/mol. The maximum atomic E-state index is 12.8. The summed E-state index contributed by atoms with van der Waals surface area (Å²) < 4.78 is 0. The SMILES string of the molecule is O=C([C@@H]1C[C@@H]1C1CCCCC1)N1[C@H]2CC[C@H]1CC(O)C2. The number of rotatable bonds is 2. The predicted molar refractivity (Wildman–Crippen MR) is 77.1 cm³/mol. The van der Waals surface area contributed by atoms with Gasteiger partial charge in [0.1, 0.15) is 0 Å². The number of hydrogen-bond acceptors (Lipinski definition) is 2. The van der Waals surface area contributed by atoms with E-state index in [1.54, 1.807) is 0 Å². The molecule has 20 heavy (non-hydrogen) atoms. The van der Waals surface area contributed by atoms with E-state index in [0.29, 0.717) is 29.8 Å². The minimum absolute atomic E-state index is 0.162. The topological polar surface area (TPSA) is 40.5 Å². The fraction of sp³-hybridized carbons (Fsp3) is 0.941. The fourth-order valence-electron chi connectivity index (χ4n) is 5.28. The lowest BCUT2D eigenvalue weighted by molar-refractivity contribution is -0.139. The summed E-state index contributed by atoms with van der Waals surface area (Å²) >= 11 is 0. The van der Waals surface area contributed by atoms with Gasteiger partial charge in [0.25, 0.3) is 0 Å². The van der Waals surface area contributed by atoms with Gasteiger partial charge in [-0.3, -0.25) is 4.79 Å². The highest BCUT2D eigenvalue weighted by Crippen LogP contribution is 2.51. The van der Waals surface area contributed by atoms with Crippen LogP contribution < -0.4 is 0 Å². The van der Waals surface area contributed by atoms with Crippen LogP contribution in [-0.4, -0.2) is 34.1 Å². The lowest BCUT2D eigenvalue weighted by Crippen LogP contribution is -2.48. The van der Waals surface area contributed by atoms with Crippen LogP contribution in [0.2, 0.25) is 0 Å². The fourth-order valence-corrected chi connectivity index (χ4v) is 5.28. The van der Waals surface area contributed by atoms with E-state index in [9.17, 15) is 9.90 Å². The number of hydrogen-bond donors (Lipinski definition) is 1. The van der Waals surface area contributed by atoms with Crippen molar-refractivity contribution in [2.75, 3.05) is 0 Å². The Kier molecular flexibility index (Phi) is 3.29. The van der Waals surface area contributed by atoms with E-state index < -0.39 is 0 Å². The Bertz CT molecular complexity index is 376. The monoisotopic (exact) mass is 277 g/mol. The molecule has 0 aromatic heterocycles. The third kappa shape index (κ3) is 2.18. The number of amides is 1. The summed E-state index contributed by atoms with van der Waals surface area (Å²) in [4.78, 5) is 15.0. The molecule has 2 aliphatic heterocycles. The van der Waals surface area contributed by atoms with E-state index in [2.05, 4.69) is 4.90 Å². The molecule has 0 spiro atoms. The summed E-state index contributed by atoms with van der Waals surface area (Å²) in [5, 5.41) is 9.86. The lowest BCUT2D eigenvalue weighted by atomic mass is 9.85. The number of aliphatic hydroxyl groups is 1. The van der Waals surface area contributed by atoms with Gasteiger partial charge < -0.3 is 10.0 Å². The van der Waals surface area contributed by atoms with E-state index in [0.717, 1.165) is 38.0 Å². The Morgan fingerprint density at radius 1 is 0.900 bits per heavy atom. The molecule has 2 aliphatic carbocycles. The Balaban J connectivity index is 1.39. The number of carbonyl (C=O) groups is 1. The molecule has 3 nitrogen and oxygen atoms in total. The van der Waals surface area contributed by atoms with Gasteiger partial charge >= 0.3 is 0 Å². The summed E-state index contributed by atoms with van der Waals surface area (Å²) in [5.41, 5.74) is 0. The Morgan fingerprint density at radius 2 is 1.55 bits per heavy atom. The molecule has 2 saturated heterocycles. The minimum atomic E-state index is -0.162. The summed E-state index contributed by atoms with van der Waals surface area (Å²) in [6.45, 7) is 0. The van der Waals surface area contributed by atoms with Crippen molar-refractivity contribution in [2.45, 2.75) is 82.4 Å². The molecule has 2 saturated carbocycles. The third-order valence-corrected chi connectivity index (χ3v) is 6.38. The quantitative estimate of drug-likeness (QED) is 0.843. The van der Waals surface area contributed by atoms with Crippen molar-refractivity contribution in [3.05, 3.63) is 0 Å². The van der Waals surface area contributed by atoms with Crippen LogP contribution in [0.3, 0.4) is 0 Å². The van der Waals surface area contributed by atoms with E-state index in [-0.39, 0.29) is 6.10 Å². The second kappa shape index (κ2) is 5.01. The van der Waals surface area contributed by atoms with Gasteiger partial charge in [0.2, 0.25) is 5.91 Å². The van der Waals surface area contributed by atoms with Crippen LogP contribution in [0, 0.1) is 17.8 Å². The Morgan fingerprint density at radius 3 is 2.20 bits per heavy atom. The van der Waals surface area contributed by atoms with Gasteiger partial charge in [-0.25, -0.2) is 0 Å². The molecule has 3 heteroatoms. The minimum Gasteiger partial charge on any atom is -0.393 e. The van der Waals surface area contributed by atoms with Crippen molar-refractivity contribution < 1.29 is 9.90 Å². The van der Waals surface area contributed by atoms with Crippen LogP contribution >= 0.6 is 0 Å². The van der Waals surface area contributed by atoms with Gasteiger partial charge in [-0.15, -0.1) is 0 Å². The van der Waals surface area contributed by atoms with Crippen LogP contribution in [0.5, 0.6) is 0 Å². The molecular formula is C17H27NO2. The van der Waals surface area contributed by atoms with Crippen LogP contribution in [0.25, 0.3) is 0 Å². The number of carbonyl (C=O) groups excluding carboxylic acids is 1. The molecule has 112 valence electrons. The predicted octanol–water partition coefficient (Wildman–Crippen LogP) is 2.72. The number of piperidine rings is 1. The highest BCUT2D eigenvalue weighted by molar-refractivity contribution is 5.82. The molecule has 0 radical (unpaired) electrons. The van der Waals surface area contributed by atoms with Gasteiger partial charge in [0.15, 0.2) is 0 Å². The molecule has 4 fully saturated rings. The lowest BCUT2D eigenvalue weighted by Gasteiger charge is -2.37. The molecule has 2 heterocycles. The molecule has 2 bridgehead atoms. The van der Waals surface area contributed by atoms with E-state index in [4.69, 9.17) is 0 Å². The number of nitrogens with zero attached hydrogens (tertiary/aromatic N) is 1. The zero-order valence-corrected chi connectivity index (χ0v) is 12.3. The second-order valence-corrected chi connectivity index (χ2v) is 7.66. The Hall–Kier alpha value is -0.570. The first-order chi connectivity index (χ1) is 9.74. The summed E-state index contributed by atoms with van der Waals surface area (Å²) in [6.07, 6.45) is 11.8. The van der Waals surface area contributed by atoms with Crippen LogP contribution in [0.4, 0.5) is 0 Å². The number of aliphatic hydroxyl groups excluding tert-OH is 1. The summed E-state index contributed by atoms with van der Waals surface area (Å²) in [6, 6.07) is 0.702. The molecule has 0 unspecified atom stereocenters. The second-order valence-electron chi connectivity index (χ2n) is 7.66. The zero-order valence-electron chi connectivity index (χ0n) is 12.3. The van der Waals surface area contributed by atoms with Crippen molar-refractivity contribution in [3.63, 3.8) is 0 Å². The van der Waals surface area contributed by atoms with Crippen molar-refractivity contribution in [2.24, 2.45) is 17.8 Å². The van der Waals surface area contributed by atoms with Crippen molar-refractivity contribution >= 4 is 5.91 Å². The molecule has 4 atom stereocenters. The van der Waals surface area contributed by atoms with Crippen molar-refractivity contribution in [3.8, 4) is 0 Å².